The molecule has 1 unspecified atom stereocenters. The fraction of sp³-hybridized carbons (Fsp3) is 0.917. The van der Waals surface area contributed by atoms with Gasteiger partial charge in [0.15, 0.2) is 0 Å². The molecule has 0 spiro atoms. The van der Waals surface area contributed by atoms with E-state index in [1.807, 2.05) is 0 Å². The van der Waals surface area contributed by atoms with Crippen LogP contribution in [0.25, 0.3) is 0 Å². The molecule has 0 aromatic rings. The first-order valence-electron chi connectivity index (χ1n) is 6.39. The summed E-state index contributed by atoms with van der Waals surface area (Å²) in [6.45, 7) is 2.99. The van der Waals surface area contributed by atoms with Crippen LogP contribution in [-0.4, -0.2) is 31.7 Å². The van der Waals surface area contributed by atoms with E-state index in [-0.39, 0.29) is 5.91 Å². The van der Waals surface area contributed by atoms with Crippen LogP contribution in [0, 0.1) is 0 Å². The molecule has 1 amide bonds. The monoisotopic (exact) mass is 228 g/mol. The molecule has 0 aromatic heterocycles. The highest BCUT2D eigenvalue weighted by atomic mass is 16.5. The second kappa shape index (κ2) is 8.53. The molecule has 0 aromatic carbocycles. The van der Waals surface area contributed by atoms with E-state index >= 15 is 0 Å². The van der Waals surface area contributed by atoms with Gasteiger partial charge in [-0.25, -0.2) is 0 Å². The van der Waals surface area contributed by atoms with Crippen LogP contribution in [0.3, 0.4) is 0 Å². The average molecular weight is 228 g/mol. The third-order valence-corrected chi connectivity index (χ3v) is 2.93. The molecule has 0 aliphatic carbocycles. The summed E-state index contributed by atoms with van der Waals surface area (Å²) in [5.41, 5.74) is 5.05. The Morgan fingerprint density at radius 3 is 2.81 bits per heavy atom. The van der Waals surface area contributed by atoms with E-state index < -0.39 is 0 Å². The summed E-state index contributed by atoms with van der Waals surface area (Å²) in [6, 6.07) is 0. The van der Waals surface area contributed by atoms with Gasteiger partial charge in [-0.2, -0.15) is 0 Å². The predicted octanol–water partition coefficient (Wildman–Crippen LogP) is 1.19. The lowest BCUT2D eigenvalue weighted by Crippen LogP contribution is -2.19. The van der Waals surface area contributed by atoms with Crippen LogP contribution in [-0.2, 0) is 9.53 Å². The van der Waals surface area contributed by atoms with Crippen LogP contribution in [0.15, 0.2) is 0 Å². The number of nitrogens with two attached hydrogens (primary N) is 1. The van der Waals surface area contributed by atoms with Gasteiger partial charge in [0.05, 0.1) is 6.10 Å². The molecule has 4 heteroatoms. The maximum Gasteiger partial charge on any atom is 0.217 e. The van der Waals surface area contributed by atoms with E-state index in [1.165, 1.54) is 25.7 Å². The van der Waals surface area contributed by atoms with E-state index in [2.05, 4.69) is 5.32 Å². The third-order valence-electron chi connectivity index (χ3n) is 2.93. The molecule has 4 nitrogen and oxygen atoms in total. The van der Waals surface area contributed by atoms with E-state index in [9.17, 15) is 4.79 Å². The van der Waals surface area contributed by atoms with Crippen molar-refractivity contribution in [3.8, 4) is 0 Å². The van der Waals surface area contributed by atoms with Gasteiger partial charge in [0, 0.05) is 13.0 Å². The molecule has 1 fully saturated rings. The number of hydrogen-bond acceptors (Lipinski definition) is 3. The van der Waals surface area contributed by atoms with Crippen LogP contribution < -0.4 is 11.1 Å². The smallest absolute Gasteiger partial charge is 0.217 e. The summed E-state index contributed by atoms with van der Waals surface area (Å²) in [4.78, 5) is 10.5. The first-order valence-corrected chi connectivity index (χ1v) is 6.39. The fourth-order valence-electron chi connectivity index (χ4n) is 2.00. The van der Waals surface area contributed by atoms with Gasteiger partial charge in [0.25, 0.3) is 0 Å². The van der Waals surface area contributed by atoms with Crippen molar-refractivity contribution in [1.29, 1.82) is 0 Å². The normalized spacial score (nSPS) is 20.1. The average Bonchev–Trinajstić information content (AvgIpc) is 2.74. The maximum absolute atomic E-state index is 10.5. The Labute approximate surface area is 97.9 Å². The summed E-state index contributed by atoms with van der Waals surface area (Å²) < 4.78 is 5.55. The summed E-state index contributed by atoms with van der Waals surface area (Å²) in [6.07, 6.45) is 7.77. The molecule has 1 rings (SSSR count). The van der Waals surface area contributed by atoms with E-state index in [0.717, 1.165) is 32.5 Å². The second-order valence-corrected chi connectivity index (χ2v) is 4.45. The first kappa shape index (κ1) is 13.5. The van der Waals surface area contributed by atoms with Crippen molar-refractivity contribution in [2.24, 2.45) is 5.73 Å². The SMILES string of the molecule is NC(=O)CCCCNCCCC1CCCO1. The van der Waals surface area contributed by atoms with Crippen molar-refractivity contribution in [1.82, 2.24) is 5.32 Å². The number of ether oxygens (including phenoxy) is 1. The van der Waals surface area contributed by atoms with Crippen molar-refractivity contribution in [2.45, 2.75) is 51.0 Å². The number of rotatable bonds is 9. The Morgan fingerprint density at radius 2 is 2.12 bits per heavy atom. The lowest BCUT2D eigenvalue weighted by atomic mass is 10.1. The van der Waals surface area contributed by atoms with Gasteiger partial charge in [-0.15, -0.1) is 0 Å². The van der Waals surface area contributed by atoms with Crippen molar-refractivity contribution in [3.05, 3.63) is 0 Å². The molecule has 94 valence electrons. The van der Waals surface area contributed by atoms with Gasteiger partial charge >= 0.3 is 0 Å². The molecule has 1 atom stereocenters. The van der Waals surface area contributed by atoms with E-state index in [1.54, 1.807) is 0 Å². The highest BCUT2D eigenvalue weighted by Crippen LogP contribution is 2.16. The zero-order valence-electron chi connectivity index (χ0n) is 10.0. The molecule has 3 N–H and O–H groups in total. The largest absolute Gasteiger partial charge is 0.378 e. The van der Waals surface area contributed by atoms with Crippen molar-refractivity contribution >= 4 is 5.91 Å². The lowest BCUT2D eigenvalue weighted by molar-refractivity contribution is -0.118. The van der Waals surface area contributed by atoms with Gasteiger partial charge in [-0.05, 0) is 51.6 Å². The quantitative estimate of drug-likeness (QED) is 0.583. The highest BCUT2D eigenvalue weighted by molar-refractivity contribution is 5.73. The molecule has 1 aliphatic rings. The molecular weight excluding hydrogens is 204 g/mol. The topological polar surface area (TPSA) is 64.4 Å². The number of hydrogen-bond donors (Lipinski definition) is 2. The Balaban J connectivity index is 1.76. The maximum atomic E-state index is 10.5. The third kappa shape index (κ3) is 6.80. The molecule has 1 heterocycles. The molecule has 1 saturated heterocycles. The standard InChI is InChI=1S/C12H24N2O2/c13-12(15)7-1-2-8-14-9-3-5-11-6-4-10-16-11/h11,14H,1-10H2,(H2,13,15). The van der Waals surface area contributed by atoms with Gasteiger partial charge in [0.2, 0.25) is 5.91 Å². The van der Waals surface area contributed by atoms with E-state index in [4.69, 9.17) is 10.5 Å². The summed E-state index contributed by atoms with van der Waals surface area (Å²) >= 11 is 0. The van der Waals surface area contributed by atoms with Crippen LogP contribution in [0.1, 0.15) is 44.9 Å². The molecule has 0 saturated carbocycles. The number of unbranched alkanes of at least 4 members (excludes halogenated alkanes) is 1. The Hall–Kier alpha value is -0.610. The first-order chi connectivity index (χ1) is 7.79. The Bertz CT molecular complexity index is 191. The molecule has 0 bridgehead atoms. The molecule has 1 aliphatic heterocycles. The van der Waals surface area contributed by atoms with Crippen molar-refractivity contribution < 1.29 is 9.53 Å². The van der Waals surface area contributed by atoms with Crippen LogP contribution >= 0.6 is 0 Å². The fourth-order valence-corrected chi connectivity index (χ4v) is 2.00. The Morgan fingerprint density at radius 1 is 1.31 bits per heavy atom. The van der Waals surface area contributed by atoms with Gasteiger partial charge < -0.3 is 15.8 Å². The molecule has 16 heavy (non-hydrogen) atoms. The zero-order valence-corrected chi connectivity index (χ0v) is 10.0. The minimum absolute atomic E-state index is 0.196. The van der Waals surface area contributed by atoms with Gasteiger partial charge in [-0.3, -0.25) is 4.79 Å². The minimum atomic E-state index is -0.196. The number of nitrogens with one attached hydrogen (secondary N) is 1. The van der Waals surface area contributed by atoms with Gasteiger partial charge in [0.1, 0.15) is 0 Å². The van der Waals surface area contributed by atoms with Crippen molar-refractivity contribution in [2.75, 3.05) is 19.7 Å². The second-order valence-electron chi connectivity index (χ2n) is 4.45. The van der Waals surface area contributed by atoms with Crippen LogP contribution in [0.5, 0.6) is 0 Å². The number of primary amides is 1. The Kier molecular flexibility index (Phi) is 7.17. The lowest BCUT2D eigenvalue weighted by Gasteiger charge is -2.09. The van der Waals surface area contributed by atoms with Crippen LogP contribution in [0.4, 0.5) is 0 Å². The number of carbonyl (C=O) groups is 1. The summed E-state index contributed by atoms with van der Waals surface area (Å²) in [5, 5.41) is 3.38. The van der Waals surface area contributed by atoms with Crippen molar-refractivity contribution in [3.63, 3.8) is 0 Å². The minimum Gasteiger partial charge on any atom is -0.378 e. The summed E-state index contributed by atoms with van der Waals surface area (Å²) in [7, 11) is 0. The summed E-state index contributed by atoms with van der Waals surface area (Å²) in [5.74, 6) is -0.196. The van der Waals surface area contributed by atoms with Crippen LogP contribution in [0.2, 0.25) is 0 Å². The molecule has 0 radical (unpaired) electrons. The molecular formula is C12H24N2O2. The highest BCUT2D eigenvalue weighted by Gasteiger charge is 2.13. The number of amides is 1. The predicted molar refractivity (Wildman–Crippen MR) is 64.1 cm³/mol. The number of carbonyl (C=O) groups excluding carboxylic acids is 1. The zero-order chi connectivity index (χ0) is 11.6. The van der Waals surface area contributed by atoms with Gasteiger partial charge in [-0.1, -0.05) is 0 Å². The van der Waals surface area contributed by atoms with E-state index in [0.29, 0.717) is 12.5 Å².